The number of nitro groups is 1. The lowest BCUT2D eigenvalue weighted by Crippen LogP contribution is -2.33. The number of Topliss-reactive ketones (excluding diaryl/α,β-unsaturated/α-hetero) is 2. The van der Waals surface area contributed by atoms with Crippen LogP contribution in [0, 0.1) is 17.0 Å². The van der Waals surface area contributed by atoms with Gasteiger partial charge in [-0.3, -0.25) is 19.7 Å². The van der Waals surface area contributed by atoms with Crippen LogP contribution in [-0.2, 0) is 9.84 Å². The van der Waals surface area contributed by atoms with E-state index in [0.29, 0.717) is 4.47 Å². The van der Waals surface area contributed by atoms with E-state index < -0.39 is 38.0 Å². The van der Waals surface area contributed by atoms with Crippen LogP contribution in [0.4, 0.5) is 5.69 Å². The maximum Gasteiger partial charge on any atom is 0.270 e. The number of nitro benzene ring substituents is 1. The molecule has 0 saturated heterocycles. The van der Waals surface area contributed by atoms with Crippen molar-refractivity contribution < 1.29 is 22.9 Å². The Labute approximate surface area is 193 Å². The molecule has 0 N–H and O–H groups in total. The van der Waals surface area contributed by atoms with Crippen molar-refractivity contribution in [2.75, 3.05) is 0 Å². The molecule has 0 amide bonds. The van der Waals surface area contributed by atoms with Crippen molar-refractivity contribution in [2.24, 2.45) is 0 Å². The van der Waals surface area contributed by atoms with Crippen molar-refractivity contribution in [1.82, 2.24) is 0 Å². The molecule has 9 heteroatoms. The van der Waals surface area contributed by atoms with Gasteiger partial charge >= 0.3 is 0 Å². The van der Waals surface area contributed by atoms with E-state index in [1.165, 1.54) is 42.5 Å². The summed E-state index contributed by atoms with van der Waals surface area (Å²) in [4.78, 5) is 36.4. The van der Waals surface area contributed by atoms with E-state index in [-0.39, 0.29) is 21.7 Å². The summed E-state index contributed by atoms with van der Waals surface area (Å²) in [5, 5.41) is 9.35. The number of nitrogens with zero attached hydrogens (tertiary/aromatic N) is 1. The van der Waals surface area contributed by atoms with Gasteiger partial charge in [-0.2, -0.15) is 0 Å². The molecule has 3 aromatic rings. The van der Waals surface area contributed by atoms with Crippen LogP contribution in [0.1, 0.15) is 32.7 Å². The molecular formula is C23H18BrNO6S. The minimum absolute atomic E-state index is 0.0353. The first-order valence-corrected chi connectivity index (χ1v) is 11.8. The van der Waals surface area contributed by atoms with Gasteiger partial charge in [-0.15, -0.1) is 0 Å². The minimum atomic E-state index is -4.22. The Morgan fingerprint density at radius 2 is 1.59 bits per heavy atom. The molecule has 0 aliphatic rings. The maximum absolute atomic E-state index is 13.4. The number of hydrogen-bond acceptors (Lipinski definition) is 6. The number of ketones is 2. The fourth-order valence-electron chi connectivity index (χ4n) is 3.11. The molecule has 3 rings (SSSR count). The summed E-state index contributed by atoms with van der Waals surface area (Å²) < 4.78 is 27.5. The van der Waals surface area contributed by atoms with Crippen LogP contribution in [-0.4, -0.2) is 30.2 Å². The zero-order valence-corrected chi connectivity index (χ0v) is 19.3. The summed E-state index contributed by atoms with van der Waals surface area (Å²) in [5.41, 5.74) is 0.646. The Bertz CT molecular complexity index is 1280. The third-order valence-electron chi connectivity index (χ3n) is 4.89. The van der Waals surface area contributed by atoms with E-state index in [4.69, 9.17) is 0 Å². The standard InChI is InChI=1S/C23H18BrNO6S/c1-15-5-11-20(12-6-15)32(30,31)22(23(27)16-7-9-18(24)10-8-16)14-21(26)17-3-2-4-19(13-17)25(28)29/h2-13,22H,14H2,1H3/t22-/m0/s1. The number of non-ortho nitro benzene ring substituents is 1. The molecule has 164 valence electrons. The van der Waals surface area contributed by atoms with Crippen molar-refractivity contribution in [1.29, 1.82) is 0 Å². The van der Waals surface area contributed by atoms with Gasteiger partial charge in [0.1, 0.15) is 5.25 Å². The fraction of sp³-hybridized carbons (Fsp3) is 0.130. The van der Waals surface area contributed by atoms with Crippen LogP contribution in [0.15, 0.2) is 82.2 Å². The molecule has 0 aliphatic carbocycles. The number of rotatable bonds is 8. The summed E-state index contributed by atoms with van der Waals surface area (Å²) >= 11 is 3.27. The Morgan fingerprint density at radius 1 is 0.969 bits per heavy atom. The summed E-state index contributed by atoms with van der Waals surface area (Å²) in [6.07, 6.45) is -0.647. The van der Waals surface area contributed by atoms with Crippen molar-refractivity contribution in [2.45, 2.75) is 23.5 Å². The van der Waals surface area contributed by atoms with Gasteiger partial charge in [-0.25, -0.2) is 8.42 Å². The molecule has 0 spiro atoms. The van der Waals surface area contributed by atoms with E-state index in [0.717, 1.165) is 11.6 Å². The van der Waals surface area contributed by atoms with Gasteiger partial charge in [0.25, 0.3) is 5.69 Å². The average molecular weight is 516 g/mol. The molecular weight excluding hydrogens is 498 g/mol. The van der Waals surface area contributed by atoms with Crippen LogP contribution in [0.5, 0.6) is 0 Å². The van der Waals surface area contributed by atoms with Gasteiger partial charge in [-0.05, 0) is 31.2 Å². The summed E-state index contributed by atoms with van der Waals surface area (Å²) in [5.74, 6) is -1.41. The highest BCUT2D eigenvalue weighted by Gasteiger charge is 2.36. The number of carbonyl (C=O) groups excluding carboxylic acids is 2. The third-order valence-corrected chi connectivity index (χ3v) is 7.48. The maximum atomic E-state index is 13.4. The Hall–Kier alpha value is -3.17. The molecule has 0 bridgehead atoms. The number of aryl methyl sites for hydroxylation is 1. The van der Waals surface area contributed by atoms with E-state index in [1.54, 1.807) is 31.2 Å². The molecule has 7 nitrogen and oxygen atoms in total. The minimum Gasteiger partial charge on any atom is -0.294 e. The number of hydrogen-bond donors (Lipinski definition) is 0. The summed E-state index contributed by atoms with van der Waals surface area (Å²) in [6, 6.07) is 17.1. The van der Waals surface area contributed by atoms with Gasteiger partial charge < -0.3 is 0 Å². The predicted octanol–water partition coefficient (Wildman–Crippen LogP) is 4.96. The smallest absolute Gasteiger partial charge is 0.270 e. The molecule has 3 aromatic carbocycles. The predicted molar refractivity (Wildman–Crippen MR) is 123 cm³/mol. The highest BCUT2D eigenvalue weighted by Crippen LogP contribution is 2.25. The van der Waals surface area contributed by atoms with Crippen LogP contribution in [0.3, 0.4) is 0 Å². The average Bonchev–Trinajstić information content (AvgIpc) is 2.77. The van der Waals surface area contributed by atoms with Crippen molar-refractivity contribution in [3.63, 3.8) is 0 Å². The second-order valence-corrected chi connectivity index (χ2v) is 10.2. The lowest BCUT2D eigenvalue weighted by atomic mass is 10.0. The van der Waals surface area contributed by atoms with E-state index in [1.807, 2.05) is 0 Å². The molecule has 32 heavy (non-hydrogen) atoms. The van der Waals surface area contributed by atoms with Crippen LogP contribution in [0.25, 0.3) is 0 Å². The molecule has 0 heterocycles. The zero-order valence-electron chi connectivity index (χ0n) is 16.9. The van der Waals surface area contributed by atoms with Crippen LogP contribution in [0.2, 0.25) is 0 Å². The molecule has 0 unspecified atom stereocenters. The van der Waals surface area contributed by atoms with Crippen LogP contribution >= 0.6 is 15.9 Å². The first-order chi connectivity index (χ1) is 15.1. The Kier molecular flexibility index (Phi) is 7.00. The SMILES string of the molecule is Cc1ccc(S(=O)(=O)[C@@H](CC(=O)c2cccc([N+](=O)[O-])c2)C(=O)c2ccc(Br)cc2)cc1. The first-order valence-electron chi connectivity index (χ1n) is 9.47. The molecule has 0 saturated carbocycles. The zero-order chi connectivity index (χ0) is 23.5. The van der Waals surface area contributed by atoms with Gasteiger partial charge in [-0.1, -0.05) is 57.9 Å². The molecule has 0 fully saturated rings. The lowest BCUT2D eigenvalue weighted by molar-refractivity contribution is -0.384. The van der Waals surface area contributed by atoms with Crippen molar-refractivity contribution >= 4 is 43.0 Å². The van der Waals surface area contributed by atoms with Crippen molar-refractivity contribution in [3.8, 4) is 0 Å². The number of benzene rings is 3. The second-order valence-electron chi connectivity index (χ2n) is 7.15. The van der Waals surface area contributed by atoms with Crippen molar-refractivity contribution in [3.05, 3.63) is 104 Å². The van der Waals surface area contributed by atoms with Gasteiger partial charge in [0.15, 0.2) is 21.4 Å². The highest BCUT2D eigenvalue weighted by atomic mass is 79.9. The Balaban J connectivity index is 2.03. The van der Waals surface area contributed by atoms with E-state index in [9.17, 15) is 28.1 Å². The third kappa shape index (κ3) is 5.17. The molecule has 0 aromatic heterocycles. The number of sulfone groups is 1. The van der Waals surface area contributed by atoms with E-state index >= 15 is 0 Å². The Morgan fingerprint density at radius 3 is 2.19 bits per heavy atom. The van der Waals surface area contributed by atoms with Gasteiger partial charge in [0, 0.05) is 34.2 Å². The summed E-state index contributed by atoms with van der Waals surface area (Å²) in [7, 11) is -4.22. The van der Waals surface area contributed by atoms with Crippen LogP contribution < -0.4 is 0 Å². The quantitative estimate of drug-likeness (QED) is 0.238. The number of halogens is 1. The molecule has 1 atom stereocenters. The first kappa shape index (κ1) is 23.5. The van der Waals surface area contributed by atoms with E-state index in [2.05, 4.69) is 15.9 Å². The van der Waals surface area contributed by atoms with Gasteiger partial charge in [0.2, 0.25) is 0 Å². The fourth-order valence-corrected chi connectivity index (χ4v) is 5.01. The van der Waals surface area contributed by atoms with Gasteiger partial charge in [0.05, 0.1) is 9.82 Å². The summed E-state index contributed by atoms with van der Waals surface area (Å²) in [6.45, 7) is 1.80. The lowest BCUT2D eigenvalue weighted by Gasteiger charge is -2.17. The number of carbonyl (C=O) groups is 2. The monoisotopic (exact) mass is 515 g/mol. The largest absolute Gasteiger partial charge is 0.294 e. The topological polar surface area (TPSA) is 111 Å². The second kappa shape index (κ2) is 9.54. The highest BCUT2D eigenvalue weighted by molar-refractivity contribution is 9.10. The normalized spacial score (nSPS) is 12.2. The molecule has 0 aliphatic heterocycles. The molecule has 0 radical (unpaired) electrons.